The van der Waals surface area contributed by atoms with Crippen LogP contribution in [0.4, 0.5) is 5.82 Å². The molecule has 0 aromatic carbocycles. The molecular weight excluding hydrogens is 206 g/mol. The Bertz CT molecular complexity index is 366. The van der Waals surface area contributed by atoms with Gasteiger partial charge in [-0.25, -0.2) is 4.98 Å². The Hall–Kier alpha value is -1.64. The number of nitrogens with zero attached hydrogens (tertiary/aromatic N) is 2. The molecule has 1 atom stereocenters. The summed E-state index contributed by atoms with van der Waals surface area (Å²) in [4.78, 5) is 4.10. The van der Waals surface area contributed by atoms with Crippen LogP contribution in [-0.4, -0.2) is 37.5 Å². The molecular formula is C11H13N3O2. The zero-order valence-corrected chi connectivity index (χ0v) is 8.85. The lowest BCUT2D eigenvalue weighted by molar-refractivity contribution is -0.0819. The van der Waals surface area contributed by atoms with Crippen LogP contribution in [0, 0.1) is 11.3 Å². The molecule has 5 heteroatoms. The molecule has 5 nitrogen and oxygen atoms in total. The van der Waals surface area contributed by atoms with Gasteiger partial charge in [0.15, 0.2) is 0 Å². The molecule has 1 unspecified atom stereocenters. The topological polar surface area (TPSA) is 67.2 Å². The Morgan fingerprint density at radius 1 is 1.50 bits per heavy atom. The maximum Gasteiger partial charge on any atom is 0.126 e. The van der Waals surface area contributed by atoms with Crippen molar-refractivity contribution in [2.45, 2.75) is 6.10 Å². The van der Waals surface area contributed by atoms with Crippen molar-refractivity contribution in [2.24, 2.45) is 0 Å². The fraction of sp³-hybridized carbons (Fsp3) is 0.455. The van der Waals surface area contributed by atoms with E-state index in [4.69, 9.17) is 14.7 Å². The third-order valence-corrected chi connectivity index (χ3v) is 2.29. The van der Waals surface area contributed by atoms with Crippen LogP contribution in [0.1, 0.15) is 5.56 Å². The summed E-state index contributed by atoms with van der Waals surface area (Å²) >= 11 is 0. The highest BCUT2D eigenvalue weighted by atomic mass is 16.6. The number of nitriles is 1. The molecule has 2 rings (SSSR count). The van der Waals surface area contributed by atoms with Gasteiger partial charge in [-0.1, -0.05) is 0 Å². The van der Waals surface area contributed by atoms with Gasteiger partial charge >= 0.3 is 0 Å². The predicted molar refractivity (Wildman–Crippen MR) is 58.0 cm³/mol. The standard InChI is InChI=1S/C11H13N3O2/c12-5-9-1-2-11(13-6-9)14-7-10-8-15-3-4-16-10/h1-2,6,10H,3-4,7-8H2,(H,13,14). The summed E-state index contributed by atoms with van der Waals surface area (Å²) in [6.45, 7) is 2.60. The number of rotatable bonds is 3. The van der Waals surface area contributed by atoms with Gasteiger partial charge in [-0.3, -0.25) is 0 Å². The predicted octanol–water partition coefficient (Wildman–Crippen LogP) is 0.781. The second kappa shape index (κ2) is 5.45. The van der Waals surface area contributed by atoms with Crippen molar-refractivity contribution in [3.63, 3.8) is 0 Å². The highest BCUT2D eigenvalue weighted by Crippen LogP contribution is 2.06. The number of hydrogen-bond donors (Lipinski definition) is 1. The van der Waals surface area contributed by atoms with E-state index in [0.717, 1.165) is 5.82 Å². The smallest absolute Gasteiger partial charge is 0.126 e. The normalized spacial score (nSPS) is 20.1. The fourth-order valence-corrected chi connectivity index (χ4v) is 1.44. The Labute approximate surface area is 94.0 Å². The van der Waals surface area contributed by atoms with E-state index in [1.165, 1.54) is 0 Å². The van der Waals surface area contributed by atoms with Gasteiger partial charge in [-0.15, -0.1) is 0 Å². The Morgan fingerprint density at radius 3 is 3.06 bits per heavy atom. The van der Waals surface area contributed by atoms with E-state index in [9.17, 15) is 0 Å². The SMILES string of the molecule is N#Cc1ccc(NCC2COCCO2)nc1. The summed E-state index contributed by atoms with van der Waals surface area (Å²) in [6, 6.07) is 5.53. The molecule has 0 amide bonds. The van der Waals surface area contributed by atoms with Crippen molar-refractivity contribution in [3.8, 4) is 6.07 Å². The van der Waals surface area contributed by atoms with Crippen LogP contribution in [0.3, 0.4) is 0 Å². The van der Waals surface area contributed by atoms with Gasteiger partial charge in [-0.05, 0) is 12.1 Å². The van der Waals surface area contributed by atoms with Crippen LogP contribution in [0.2, 0.25) is 0 Å². The Morgan fingerprint density at radius 2 is 2.44 bits per heavy atom. The summed E-state index contributed by atoms with van der Waals surface area (Å²) in [5.74, 6) is 0.744. The Balaban J connectivity index is 1.82. The lowest BCUT2D eigenvalue weighted by Crippen LogP contribution is -2.34. The van der Waals surface area contributed by atoms with E-state index >= 15 is 0 Å². The molecule has 16 heavy (non-hydrogen) atoms. The molecule has 0 saturated carbocycles. The number of ether oxygens (including phenoxy) is 2. The second-order valence-electron chi connectivity index (χ2n) is 3.49. The molecule has 0 spiro atoms. The molecule has 1 aromatic rings. The first-order valence-corrected chi connectivity index (χ1v) is 5.18. The molecule has 2 heterocycles. The summed E-state index contributed by atoms with van der Waals surface area (Å²) < 4.78 is 10.8. The molecule has 1 saturated heterocycles. The first-order chi connectivity index (χ1) is 7.88. The molecule has 0 aliphatic carbocycles. The first kappa shape index (κ1) is 10.9. The molecule has 0 radical (unpaired) electrons. The van der Waals surface area contributed by atoms with E-state index in [1.54, 1.807) is 18.3 Å². The minimum Gasteiger partial charge on any atom is -0.376 e. The highest BCUT2D eigenvalue weighted by Gasteiger charge is 2.13. The zero-order valence-electron chi connectivity index (χ0n) is 8.85. The van der Waals surface area contributed by atoms with Crippen LogP contribution in [-0.2, 0) is 9.47 Å². The van der Waals surface area contributed by atoms with Crippen LogP contribution in [0.15, 0.2) is 18.3 Å². The lowest BCUT2D eigenvalue weighted by Gasteiger charge is -2.23. The molecule has 1 aliphatic heterocycles. The van der Waals surface area contributed by atoms with Gasteiger partial charge in [0.25, 0.3) is 0 Å². The lowest BCUT2D eigenvalue weighted by atomic mass is 10.3. The Kier molecular flexibility index (Phi) is 3.70. The van der Waals surface area contributed by atoms with Crippen LogP contribution in [0.5, 0.6) is 0 Å². The van der Waals surface area contributed by atoms with Gasteiger partial charge in [0.2, 0.25) is 0 Å². The maximum atomic E-state index is 8.62. The minimum absolute atomic E-state index is 0.0752. The zero-order chi connectivity index (χ0) is 11.2. The molecule has 1 aliphatic rings. The molecule has 0 bridgehead atoms. The van der Waals surface area contributed by atoms with E-state index < -0.39 is 0 Å². The first-order valence-electron chi connectivity index (χ1n) is 5.18. The van der Waals surface area contributed by atoms with Crippen molar-refractivity contribution in [3.05, 3.63) is 23.9 Å². The quantitative estimate of drug-likeness (QED) is 0.813. The molecule has 84 valence electrons. The number of aromatic nitrogens is 1. The van der Waals surface area contributed by atoms with Gasteiger partial charge in [0.05, 0.1) is 31.5 Å². The monoisotopic (exact) mass is 219 g/mol. The average Bonchev–Trinajstić information content (AvgIpc) is 2.38. The van der Waals surface area contributed by atoms with Gasteiger partial charge in [0, 0.05) is 12.7 Å². The summed E-state index contributed by atoms with van der Waals surface area (Å²) in [7, 11) is 0. The van der Waals surface area contributed by atoms with E-state index in [1.807, 2.05) is 6.07 Å². The van der Waals surface area contributed by atoms with Crippen LogP contribution in [0.25, 0.3) is 0 Å². The third kappa shape index (κ3) is 2.92. The van der Waals surface area contributed by atoms with Gasteiger partial charge in [0.1, 0.15) is 11.9 Å². The molecule has 1 N–H and O–H groups in total. The summed E-state index contributed by atoms with van der Waals surface area (Å²) in [6.07, 6.45) is 1.62. The second-order valence-corrected chi connectivity index (χ2v) is 3.49. The number of pyridine rings is 1. The van der Waals surface area contributed by atoms with Crippen LogP contribution >= 0.6 is 0 Å². The van der Waals surface area contributed by atoms with Gasteiger partial charge < -0.3 is 14.8 Å². The van der Waals surface area contributed by atoms with Crippen molar-refractivity contribution in [1.29, 1.82) is 5.26 Å². The van der Waals surface area contributed by atoms with Crippen molar-refractivity contribution in [1.82, 2.24) is 4.98 Å². The highest BCUT2D eigenvalue weighted by molar-refractivity contribution is 5.38. The number of hydrogen-bond acceptors (Lipinski definition) is 5. The van der Waals surface area contributed by atoms with Crippen molar-refractivity contribution < 1.29 is 9.47 Å². The molecule has 1 aromatic heterocycles. The number of anilines is 1. The molecule has 1 fully saturated rings. The minimum atomic E-state index is 0.0752. The average molecular weight is 219 g/mol. The summed E-state index contributed by atoms with van der Waals surface area (Å²) in [5, 5.41) is 11.8. The van der Waals surface area contributed by atoms with E-state index in [2.05, 4.69) is 10.3 Å². The third-order valence-electron chi connectivity index (χ3n) is 2.29. The van der Waals surface area contributed by atoms with Crippen molar-refractivity contribution >= 4 is 5.82 Å². The van der Waals surface area contributed by atoms with E-state index in [-0.39, 0.29) is 6.10 Å². The number of nitrogens with one attached hydrogen (secondary N) is 1. The largest absolute Gasteiger partial charge is 0.376 e. The fourth-order valence-electron chi connectivity index (χ4n) is 1.44. The van der Waals surface area contributed by atoms with Gasteiger partial charge in [-0.2, -0.15) is 5.26 Å². The summed E-state index contributed by atoms with van der Waals surface area (Å²) in [5.41, 5.74) is 0.558. The van der Waals surface area contributed by atoms with Crippen LogP contribution < -0.4 is 5.32 Å². The van der Waals surface area contributed by atoms with E-state index in [0.29, 0.717) is 31.9 Å². The maximum absolute atomic E-state index is 8.62. The van der Waals surface area contributed by atoms with Crippen molar-refractivity contribution in [2.75, 3.05) is 31.7 Å².